The Morgan fingerprint density at radius 1 is 1.25 bits per heavy atom. The monoisotopic (exact) mass is 271 g/mol. The fraction of sp³-hybridized carbons (Fsp3) is 0.562. The molecule has 0 bridgehead atoms. The number of nitrogens with one attached hydrogen (secondary N) is 2. The van der Waals surface area contributed by atoms with Crippen molar-refractivity contribution >= 4 is 11.6 Å². The standard InChI is InChI=1S/C16H21N3O/c1-10-9-19-14-8-12(11-2-3-11)4-5-13(14)16(20)18-15(19)6-7-17-10/h4-5,8,10-11,15,17H,2-3,6-7,9H2,1H3,(H,18,20)/t10-,15+/m1/s1. The number of benzene rings is 1. The van der Waals surface area contributed by atoms with Gasteiger partial charge in [-0.25, -0.2) is 0 Å². The van der Waals surface area contributed by atoms with Crippen LogP contribution >= 0.6 is 0 Å². The number of hydrogen-bond donors (Lipinski definition) is 2. The number of nitrogens with zero attached hydrogens (tertiary/aromatic N) is 1. The lowest BCUT2D eigenvalue weighted by Gasteiger charge is -2.38. The summed E-state index contributed by atoms with van der Waals surface area (Å²) in [5, 5.41) is 6.65. The molecule has 0 aromatic heterocycles. The van der Waals surface area contributed by atoms with Crippen molar-refractivity contribution in [2.45, 2.75) is 44.3 Å². The number of hydrogen-bond acceptors (Lipinski definition) is 3. The fourth-order valence-corrected chi connectivity index (χ4v) is 3.40. The van der Waals surface area contributed by atoms with E-state index in [0.29, 0.717) is 6.04 Å². The third-order valence-electron chi connectivity index (χ3n) is 4.68. The van der Waals surface area contributed by atoms with Gasteiger partial charge in [-0.15, -0.1) is 0 Å². The van der Waals surface area contributed by atoms with Crippen LogP contribution in [-0.4, -0.2) is 31.2 Å². The van der Waals surface area contributed by atoms with Gasteiger partial charge in [0.05, 0.1) is 11.3 Å². The predicted molar refractivity (Wildman–Crippen MR) is 79.1 cm³/mol. The van der Waals surface area contributed by atoms with Crippen molar-refractivity contribution in [3.05, 3.63) is 29.3 Å². The number of rotatable bonds is 1. The molecule has 1 aliphatic carbocycles. The minimum atomic E-state index is 0.0816. The number of amides is 1. The molecule has 3 aliphatic rings. The van der Waals surface area contributed by atoms with Crippen molar-refractivity contribution < 1.29 is 4.79 Å². The second kappa shape index (κ2) is 4.48. The molecule has 2 fully saturated rings. The van der Waals surface area contributed by atoms with Crippen molar-refractivity contribution in [1.82, 2.24) is 10.6 Å². The zero-order valence-corrected chi connectivity index (χ0v) is 11.9. The quantitative estimate of drug-likeness (QED) is 0.819. The zero-order chi connectivity index (χ0) is 13.7. The van der Waals surface area contributed by atoms with E-state index in [9.17, 15) is 4.79 Å². The summed E-state index contributed by atoms with van der Waals surface area (Å²) in [5.41, 5.74) is 3.38. The molecule has 4 heteroatoms. The van der Waals surface area contributed by atoms with Gasteiger partial charge in [0.15, 0.2) is 0 Å². The van der Waals surface area contributed by atoms with Crippen molar-refractivity contribution in [1.29, 1.82) is 0 Å². The highest BCUT2D eigenvalue weighted by Gasteiger charge is 2.34. The molecule has 20 heavy (non-hydrogen) atoms. The lowest BCUT2D eigenvalue weighted by molar-refractivity contribution is 0.0926. The molecule has 2 N–H and O–H groups in total. The lowest BCUT2D eigenvalue weighted by Crippen LogP contribution is -2.53. The highest BCUT2D eigenvalue weighted by atomic mass is 16.2. The maximum Gasteiger partial charge on any atom is 0.254 e. The molecule has 0 unspecified atom stereocenters. The highest BCUT2D eigenvalue weighted by molar-refractivity contribution is 6.02. The normalized spacial score (nSPS) is 29.2. The van der Waals surface area contributed by atoms with Crippen molar-refractivity contribution in [3.8, 4) is 0 Å². The minimum absolute atomic E-state index is 0.0816. The summed E-state index contributed by atoms with van der Waals surface area (Å²) < 4.78 is 0. The molecule has 1 aromatic carbocycles. The van der Waals surface area contributed by atoms with Crippen molar-refractivity contribution in [3.63, 3.8) is 0 Å². The van der Waals surface area contributed by atoms with Gasteiger partial charge in [-0.05, 0) is 56.3 Å². The van der Waals surface area contributed by atoms with E-state index >= 15 is 0 Å². The molecule has 2 atom stereocenters. The summed E-state index contributed by atoms with van der Waals surface area (Å²) in [7, 11) is 0. The summed E-state index contributed by atoms with van der Waals surface area (Å²) in [5.74, 6) is 0.810. The van der Waals surface area contributed by atoms with E-state index in [1.165, 1.54) is 18.4 Å². The van der Waals surface area contributed by atoms with Crippen LogP contribution in [0.3, 0.4) is 0 Å². The maximum absolute atomic E-state index is 12.3. The Morgan fingerprint density at radius 2 is 2.10 bits per heavy atom. The Balaban J connectivity index is 1.77. The molecule has 4 nitrogen and oxygen atoms in total. The van der Waals surface area contributed by atoms with Crippen LogP contribution in [0.5, 0.6) is 0 Å². The fourth-order valence-electron chi connectivity index (χ4n) is 3.40. The average molecular weight is 271 g/mol. The van der Waals surface area contributed by atoms with Crippen LogP contribution < -0.4 is 15.5 Å². The molecule has 1 saturated heterocycles. The van der Waals surface area contributed by atoms with Crippen LogP contribution in [0.4, 0.5) is 5.69 Å². The Labute approximate surface area is 119 Å². The van der Waals surface area contributed by atoms with Crippen molar-refractivity contribution in [2.24, 2.45) is 0 Å². The second-order valence-corrected chi connectivity index (χ2v) is 6.34. The Bertz CT molecular complexity index is 553. The second-order valence-electron chi connectivity index (χ2n) is 6.34. The van der Waals surface area contributed by atoms with E-state index in [4.69, 9.17) is 0 Å². The maximum atomic E-state index is 12.3. The first-order valence-electron chi connectivity index (χ1n) is 7.67. The third kappa shape index (κ3) is 1.99. The Morgan fingerprint density at radius 3 is 2.90 bits per heavy atom. The van der Waals surface area contributed by atoms with E-state index < -0.39 is 0 Å². The van der Waals surface area contributed by atoms with Crippen LogP contribution in [0.15, 0.2) is 18.2 Å². The van der Waals surface area contributed by atoms with E-state index in [-0.39, 0.29) is 12.1 Å². The van der Waals surface area contributed by atoms with E-state index in [1.807, 2.05) is 6.07 Å². The van der Waals surface area contributed by atoms with Gasteiger partial charge in [-0.2, -0.15) is 0 Å². The van der Waals surface area contributed by atoms with Gasteiger partial charge in [0, 0.05) is 12.6 Å². The number of anilines is 1. The van der Waals surface area contributed by atoms with Gasteiger partial charge in [0.25, 0.3) is 5.91 Å². The van der Waals surface area contributed by atoms with E-state index in [2.05, 4.69) is 34.6 Å². The molecule has 4 rings (SSSR count). The SMILES string of the molecule is C[C@@H]1CN2c3cc(C4CC4)ccc3C(=O)N[C@@H]2CCN1. The summed E-state index contributed by atoms with van der Waals surface area (Å²) in [6.45, 7) is 4.12. The number of carbonyl (C=O) groups is 1. The first-order chi connectivity index (χ1) is 9.72. The zero-order valence-electron chi connectivity index (χ0n) is 11.9. The predicted octanol–water partition coefficient (Wildman–Crippen LogP) is 1.82. The molecule has 1 amide bonds. The lowest BCUT2D eigenvalue weighted by atomic mass is 10.0. The van der Waals surface area contributed by atoms with Crippen LogP contribution in [0, 0.1) is 0 Å². The van der Waals surface area contributed by atoms with Gasteiger partial charge in [-0.3, -0.25) is 4.79 Å². The minimum Gasteiger partial charge on any atom is -0.349 e. The number of fused-ring (bicyclic) bond motifs is 3. The number of carbonyl (C=O) groups excluding carboxylic acids is 1. The first-order valence-corrected chi connectivity index (χ1v) is 7.67. The molecular formula is C16H21N3O. The van der Waals surface area contributed by atoms with Crippen LogP contribution in [0.1, 0.15) is 48.0 Å². The Hall–Kier alpha value is -1.55. The van der Waals surface area contributed by atoms with Crippen molar-refractivity contribution in [2.75, 3.05) is 18.0 Å². The molecule has 1 saturated carbocycles. The highest BCUT2D eigenvalue weighted by Crippen LogP contribution is 2.42. The topological polar surface area (TPSA) is 44.4 Å². The summed E-state index contributed by atoms with van der Waals surface area (Å²) in [4.78, 5) is 14.7. The van der Waals surface area contributed by atoms with E-state index in [0.717, 1.165) is 36.7 Å². The van der Waals surface area contributed by atoms with Gasteiger partial charge in [0.2, 0.25) is 0 Å². The molecule has 0 spiro atoms. The molecule has 106 valence electrons. The summed E-state index contributed by atoms with van der Waals surface area (Å²) >= 11 is 0. The molecule has 2 heterocycles. The summed E-state index contributed by atoms with van der Waals surface area (Å²) in [6, 6.07) is 6.86. The molecule has 2 aliphatic heterocycles. The van der Waals surface area contributed by atoms with Crippen LogP contribution in [0.2, 0.25) is 0 Å². The smallest absolute Gasteiger partial charge is 0.254 e. The van der Waals surface area contributed by atoms with Crippen LogP contribution in [-0.2, 0) is 0 Å². The Kier molecular flexibility index (Phi) is 2.74. The molecule has 1 aromatic rings. The molecular weight excluding hydrogens is 250 g/mol. The average Bonchev–Trinajstić information content (AvgIpc) is 3.26. The van der Waals surface area contributed by atoms with E-state index in [1.54, 1.807) is 0 Å². The van der Waals surface area contributed by atoms with Gasteiger partial charge >= 0.3 is 0 Å². The summed E-state index contributed by atoms with van der Waals surface area (Å²) in [6.07, 6.45) is 3.70. The third-order valence-corrected chi connectivity index (χ3v) is 4.68. The van der Waals surface area contributed by atoms with Gasteiger partial charge in [-0.1, -0.05) is 6.07 Å². The van der Waals surface area contributed by atoms with Crippen LogP contribution in [0.25, 0.3) is 0 Å². The molecule has 0 radical (unpaired) electrons. The first kappa shape index (κ1) is 12.2. The van der Waals surface area contributed by atoms with Gasteiger partial charge < -0.3 is 15.5 Å². The van der Waals surface area contributed by atoms with Gasteiger partial charge in [0.1, 0.15) is 6.17 Å². The largest absolute Gasteiger partial charge is 0.349 e.